The molecule has 0 spiro atoms. The van der Waals surface area contributed by atoms with Gasteiger partial charge >= 0.3 is 0 Å². The van der Waals surface area contributed by atoms with E-state index in [2.05, 4.69) is 66.8 Å². The van der Waals surface area contributed by atoms with Crippen LogP contribution in [-0.2, 0) is 27.2 Å². The topological polar surface area (TPSA) is 373 Å². The molecule has 3 amide bonds. The highest BCUT2D eigenvalue weighted by Crippen LogP contribution is 2.40. The first kappa shape index (κ1) is 76.5. The van der Waals surface area contributed by atoms with Gasteiger partial charge in [-0.05, 0) is 187 Å². The molecule has 6 aromatic carbocycles. The number of ether oxygens (including phenoxy) is 3. The number of rotatable bonds is 20. The average molecular weight is 1520 g/mol. The van der Waals surface area contributed by atoms with Crippen LogP contribution in [0.3, 0.4) is 0 Å². The largest absolute Gasteiger partial charge is 0.490 e. The number of nitrogens with zero attached hydrogens (tertiary/aromatic N) is 13. The summed E-state index contributed by atoms with van der Waals surface area (Å²) in [6, 6.07) is 50.0. The Morgan fingerprint density at radius 1 is 0.487 bits per heavy atom. The van der Waals surface area contributed by atoms with Crippen molar-refractivity contribution in [2.75, 3.05) is 84.7 Å². The van der Waals surface area contributed by atoms with E-state index in [4.69, 9.17) is 46.7 Å². The fraction of sp³-hybridized carbons (Fsp3) is 0.286. The van der Waals surface area contributed by atoms with Crippen molar-refractivity contribution < 1.29 is 28.6 Å². The second-order valence-corrected chi connectivity index (χ2v) is 29.0. The molecule has 2 unspecified atom stereocenters. The molecule has 16 rings (SSSR count). The maximum Gasteiger partial charge on any atom is 0.290 e. The number of aromatic amines is 3. The lowest BCUT2D eigenvalue weighted by atomic mass is 9.91. The number of H-pyrrole nitrogens is 3. The summed E-state index contributed by atoms with van der Waals surface area (Å²) in [7, 11) is 7.81. The van der Waals surface area contributed by atoms with Crippen molar-refractivity contribution in [1.82, 2.24) is 84.8 Å². The second-order valence-electron chi connectivity index (χ2n) is 29.0. The van der Waals surface area contributed by atoms with Crippen LogP contribution in [0.4, 0.5) is 17.5 Å². The molecule has 113 heavy (non-hydrogen) atoms. The molecule has 29 nitrogen and oxygen atoms in total. The van der Waals surface area contributed by atoms with Crippen molar-refractivity contribution >= 4 is 67.9 Å². The molecule has 4 aliphatic rings. The number of likely N-dealkylation sites (N-methyl/N-ethyl adjacent to an activating group) is 2. The summed E-state index contributed by atoms with van der Waals surface area (Å²) in [6.45, 7) is 7.13. The average Bonchev–Trinajstić information content (AvgIpc) is 1.61. The molecule has 580 valence electrons. The van der Waals surface area contributed by atoms with Gasteiger partial charge in [0.15, 0.2) is 17.5 Å². The van der Waals surface area contributed by atoms with Gasteiger partial charge in [0.2, 0.25) is 17.7 Å². The number of nitrogen functional groups attached to an aromatic ring is 3. The molecule has 8 heterocycles. The first-order valence-electron chi connectivity index (χ1n) is 37.7. The van der Waals surface area contributed by atoms with Gasteiger partial charge in [-0.15, -0.1) is 0 Å². The minimum Gasteiger partial charge on any atom is -0.490 e. The van der Waals surface area contributed by atoms with E-state index in [9.17, 15) is 28.8 Å². The van der Waals surface area contributed by atoms with E-state index in [0.29, 0.717) is 107 Å². The zero-order chi connectivity index (χ0) is 78.8. The molecule has 10 N–H and O–H groups in total. The maximum absolute atomic E-state index is 12.9. The van der Waals surface area contributed by atoms with E-state index < -0.39 is 0 Å². The van der Waals surface area contributed by atoms with Crippen molar-refractivity contribution in [1.29, 1.82) is 0 Å². The molecule has 2 atom stereocenters. The number of aromatic nitrogens is 12. The molecule has 0 radical (unpaired) electrons. The van der Waals surface area contributed by atoms with Crippen LogP contribution in [0.2, 0.25) is 0 Å². The maximum atomic E-state index is 12.9. The number of carbonyl (C=O) groups excluding carboxylic acids is 3. The third kappa shape index (κ3) is 17.5. The monoisotopic (exact) mass is 1520 g/mol. The summed E-state index contributed by atoms with van der Waals surface area (Å²) in [5, 5.41) is 38.7. The first-order chi connectivity index (χ1) is 54.8. The zero-order valence-electron chi connectivity index (χ0n) is 63.3. The number of hydrogen-bond acceptors (Lipinski definition) is 20. The van der Waals surface area contributed by atoms with Gasteiger partial charge in [-0.1, -0.05) is 79.4 Å². The number of para-hydroxylation sites is 2. The molecular weight excluding hydrogens is 1430 g/mol. The van der Waals surface area contributed by atoms with Gasteiger partial charge in [-0.25, -0.2) is 15.3 Å². The molecule has 12 aromatic rings. The summed E-state index contributed by atoms with van der Waals surface area (Å²) >= 11 is 0. The molecule has 29 heteroatoms. The van der Waals surface area contributed by atoms with Gasteiger partial charge in [0.1, 0.15) is 68.5 Å². The third-order valence-corrected chi connectivity index (χ3v) is 20.5. The van der Waals surface area contributed by atoms with E-state index in [-0.39, 0.29) is 82.1 Å². The summed E-state index contributed by atoms with van der Waals surface area (Å²) in [6.07, 6.45) is 15.5. The number of nitrogens with one attached hydrogen (secondary N) is 4. The Labute approximate surface area is 650 Å². The lowest BCUT2D eigenvalue weighted by Gasteiger charge is -2.32. The smallest absolute Gasteiger partial charge is 0.290 e. The Kier molecular flexibility index (Phi) is 23.2. The van der Waals surface area contributed by atoms with Crippen LogP contribution >= 0.6 is 0 Å². The fourth-order valence-electron chi connectivity index (χ4n) is 15.0. The number of nitrogens with two attached hydrogens (primary N) is 3. The van der Waals surface area contributed by atoms with Gasteiger partial charge in [-0.2, -0.15) is 30.6 Å². The number of anilines is 3. The SMILES string of the molecule is C=CC(=O)N1CCCC(n2nc(-c3ccc(OC4Cc5ccccc5C4)cc3)c3c(N)n[nH]c(=O)c32)C1.CN(C)C/C=C/C(=O)N1CCC(n2nc(-c3ccc(Oc4ccccc4)cc3)c3c(N)n[nH]c(=O)c32)C1.CN(C)C/C=C/C(=O)NC1CCC(n2nc(-c3ccc(Oc4ccccc4)cc3)c3c(N)n[nH]c(=O)c32)CC1. The Morgan fingerprint density at radius 2 is 0.885 bits per heavy atom. The summed E-state index contributed by atoms with van der Waals surface area (Å²) in [4.78, 5) is 83.4. The van der Waals surface area contributed by atoms with Crippen molar-refractivity contribution in [3.05, 3.63) is 237 Å². The Morgan fingerprint density at radius 3 is 1.33 bits per heavy atom. The number of likely N-dealkylation sites (tertiary alicyclic amines) is 2. The molecule has 2 aliphatic carbocycles. The van der Waals surface area contributed by atoms with Crippen LogP contribution in [0.1, 0.15) is 74.2 Å². The Balaban J connectivity index is 0.000000141. The number of fused-ring (bicyclic) bond motifs is 4. The normalized spacial score (nSPS) is 17.0. The van der Waals surface area contributed by atoms with Gasteiger partial charge in [0.25, 0.3) is 16.7 Å². The van der Waals surface area contributed by atoms with Gasteiger partial charge in [0, 0.05) is 87.0 Å². The second kappa shape index (κ2) is 34.3. The van der Waals surface area contributed by atoms with Crippen LogP contribution < -0.4 is 53.4 Å². The summed E-state index contributed by atoms with van der Waals surface area (Å²) in [5.41, 5.74) is 25.6. The molecule has 6 aromatic heterocycles. The molecule has 2 aliphatic heterocycles. The minimum absolute atomic E-state index is 0.00210. The first-order valence-corrected chi connectivity index (χ1v) is 37.7. The Hall–Kier alpha value is -13.3. The van der Waals surface area contributed by atoms with Crippen molar-refractivity contribution in [2.24, 2.45) is 0 Å². The van der Waals surface area contributed by atoms with Crippen LogP contribution in [0.15, 0.2) is 209 Å². The number of piperidine rings is 1. The van der Waals surface area contributed by atoms with E-state index in [1.165, 1.54) is 17.2 Å². The number of benzene rings is 6. The molecule has 3 fully saturated rings. The Bertz CT molecular complexity index is 5640. The molecule has 1 saturated carbocycles. The minimum atomic E-state index is -0.373. The fourth-order valence-corrected chi connectivity index (χ4v) is 15.0. The van der Waals surface area contributed by atoms with Crippen molar-refractivity contribution in [2.45, 2.75) is 88.1 Å². The van der Waals surface area contributed by atoms with E-state index >= 15 is 0 Å². The highest BCUT2D eigenvalue weighted by Gasteiger charge is 2.34. The molecular formula is C84H90N20O9. The zero-order valence-corrected chi connectivity index (χ0v) is 63.3. The van der Waals surface area contributed by atoms with E-state index in [1.54, 1.807) is 36.0 Å². The quantitative estimate of drug-likeness (QED) is 0.0349. The van der Waals surface area contributed by atoms with Crippen molar-refractivity contribution in [3.63, 3.8) is 0 Å². The van der Waals surface area contributed by atoms with Crippen LogP contribution in [0.5, 0.6) is 28.7 Å². The summed E-state index contributed by atoms with van der Waals surface area (Å²) < 4.78 is 23.3. The van der Waals surface area contributed by atoms with Crippen LogP contribution in [-0.4, -0.2) is 177 Å². The molecule has 2 saturated heterocycles. The number of carbonyl (C=O) groups is 3. The lowest BCUT2D eigenvalue weighted by Crippen LogP contribution is -2.40. The van der Waals surface area contributed by atoms with Gasteiger partial charge in [0.05, 0.1) is 34.3 Å². The molecule has 0 bridgehead atoms. The van der Waals surface area contributed by atoms with E-state index in [0.717, 1.165) is 85.3 Å². The van der Waals surface area contributed by atoms with Gasteiger partial charge < -0.3 is 56.3 Å². The number of hydrogen-bond donors (Lipinski definition) is 7. The highest BCUT2D eigenvalue weighted by atomic mass is 16.5. The third-order valence-electron chi connectivity index (χ3n) is 20.5. The summed E-state index contributed by atoms with van der Waals surface area (Å²) in [5.74, 6) is 3.99. The van der Waals surface area contributed by atoms with Gasteiger partial charge in [-0.3, -0.25) is 42.8 Å². The lowest BCUT2D eigenvalue weighted by molar-refractivity contribution is -0.127. The number of amides is 3. The predicted molar refractivity (Wildman–Crippen MR) is 435 cm³/mol. The van der Waals surface area contributed by atoms with Crippen LogP contribution in [0.25, 0.3) is 66.5 Å². The van der Waals surface area contributed by atoms with E-state index in [1.807, 2.05) is 184 Å². The highest BCUT2D eigenvalue weighted by molar-refractivity contribution is 6.02. The standard InChI is InChI=1S/C29H33N7O3.C28H28N6O3.C27H29N7O3/c1-35(2)18-6-9-24(37)31-20-12-14-21(15-13-20)36-27-25(28(30)32-33-29(27)38)26(34-36)19-10-16-23(17-11-19)39-22-7-4-3-5-8-22;1-2-23(35)33-13-5-8-20(16-33)34-26-24(27(29)30-31-28(26)36)25(32-34)17-9-11-21(12-10-17)37-22-14-18-6-3-4-7-19(18)15-22;1-32(2)15-6-9-22(35)33-16-14-19(17-33)34-25-23(26(28)29-30-27(25)36)24(31-34)18-10-12-21(13-11-18)37-20-7-4-3-5-8-20/h3-11,16-17,20-21H,12-15,18H2,1-2H3,(H2,30,32)(H,31,37)(H,33,38);2-4,6-7,9-12,20,22H,1,5,8,13-16H2,(H2,29,30)(H,31,36);3-13,19H,14-17H2,1-2H3,(H2,28,29)(H,30,36)/b9-6+;;9-6+. The van der Waals surface area contributed by atoms with Crippen LogP contribution in [0, 0.1) is 0 Å². The van der Waals surface area contributed by atoms with Crippen molar-refractivity contribution in [3.8, 4) is 62.5 Å². The predicted octanol–water partition coefficient (Wildman–Crippen LogP) is 10.2.